The number of halogens is 1. The van der Waals surface area contributed by atoms with Crippen molar-refractivity contribution in [2.45, 2.75) is 44.3 Å². The summed E-state index contributed by atoms with van der Waals surface area (Å²) in [4.78, 5) is 19.8. The van der Waals surface area contributed by atoms with Crippen LogP contribution in [0.2, 0.25) is 0 Å². The third kappa shape index (κ3) is 7.52. The lowest BCUT2D eigenvalue weighted by Crippen LogP contribution is -2.39. The van der Waals surface area contributed by atoms with Crippen molar-refractivity contribution in [1.29, 1.82) is 0 Å². The molecule has 2 aromatic rings. The first kappa shape index (κ1) is 28.3. The molecule has 192 valence electrons. The number of aromatic nitrogens is 2. The van der Waals surface area contributed by atoms with Gasteiger partial charge in [-0.2, -0.15) is 0 Å². The maximum atomic E-state index is 13.6. The number of benzene rings is 1. The monoisotopic (exact) mass is 510 g/mol. The normalized spacial score (nSPS) is 14.8. The summed E-state index contributed by atoms with van der Waals surface area (Å²) in [5, 5.41) is 29.8. The van der Waals surface area contributed by atoms with Crippen molar-refractivity contribution in [1.82, 2.24) is 9.97 Å². The van der Waals surface area contributed by atoms with E-state index in [0.29, 0.717) is 16.8 Å². The number of aliphatic hydroxyl groups excluding tert-OH is 1. The Morgan fingerprint density at radius 3 is 2.34 bits per heavy atom. The van der Waals surface area contributed by atoms with Gasteiger partial charge >= 0.3 is 5.97 Å². The molecule has 0 aliphatic heterocycles. The first-order valence-corrected chi connectivity index (χ1v) is 12.6. The first-order valence-electron chi connectivity index (χ1n) is 10.8. The van der Waals surface area contributed by atoms with E-state index in [1.54, 1.807) is 0 Å². The minimum Gasteiger partial charge on any atom is -0.481 e. The Morgan fingerprint density at radius 2 is 1.86 bits per heavy atom. The number of carbonyl (C=O) groups is 1. The molecule has 1 heterocycles. The number of aliphatic hydroxyl groups is 2. The van der Waals surface area contributed by atoms with E-state index in [9.17, 15) is 27.8 Å². The number of hydrogen-bond acceptors (Lipinski definition) is 8. The number of anilines is 1. The zero-order chi connectivity index (χ0) is 26.6. The molecule has 0 bridgehead atoms. The summed E-state index contributed by atoms with van der Waals surface area (Å²) in [6, 6.07) is 5.43. The second-order valence-electron chi connectivity index (χ2n) is 8.66. The Morgan fingerprint density at radius 1 is 1.26 bits per heavy atom. The van der Waals surface area contributed by atoms with E-state index in [-0.39, 0.29) is 30.5 Å². The van der Waals surface area contributed by atoms with Crippen molar-refractivity contribution in [3.05, 3.63) is 47.4 Å². The minimum atomic E-state index is -3.68. The largest absolute Gasteiger partial charge is 0.481 e. The van der Waals surface area contributed by atoms with Crippen LogP contribution in [-0.4, -0.2) is 71.2 Å². The molecule has 2 rings (SSSR count). The number of hydrogen-bond donors (Lipinski definition) is 4. The molecule has 12 heteroatoms. The molecular formula is C23H31FN4O6S. The number of nitrogens with two attached hydrogens (primary N) is 1. The molecule has 0 aliphatic rings. The fraction of sp³-hybridized carbons (Fsp3) is 0.435. The van der Waals surface area contributed by atoms with Gasteiger partial charge in [0.2, 0.25) is 16.0 Å². The van der Waals surface area contributed by atoms with Crippen LogP contribution in [0, 0.1) is 5.82 Å². The Kier molecular flexibility index (Phi) is 9.06. The van der Waals surface area contributed by atoms with Crippen molar-refractivity contribution < 1.29 is 32.9 Å². The van der Waals surface area contributed by atoms with Gasteiger partial charge in [0.1, 0.15) is 5.82 Å². The smallest absolute Gasteiger partial charge is 0.305 e. The lowest BCUT2D eigenvalue weighted by molar-refractivity contribution is -0.139. The lowest BCUT2D eigenvalue weighted by atomic mass is 9.91. The highest BCUT2D eigenvalue weighted by molar-refractivity contribution is 7.92. The predicted octanol–water partition coefficient (Wildman–Crippen LogP) is 1.73. The molecule has 0 spiro atoms. The van der Waals surface area contributed by atoms with E-state index in [1.807, 2.05) is 13.8 Å². The van der Waals surface area contributed by atoms with E-state index in [2.05, 4.69) is 9.97 Å². The van der Waals surface area contributed by atoms with Crippen molar-refractivity contribution in [2.75, 3.05) is 24.2 Å². The van der Waals surface area contributed by atoms with Crippen LogP contribution in [0.4, 0.5) is 10.3 Å². The van der Waals surface area contributed by atoms with Crippen LogP contribution in [0.1, 0.15) is 43.9 Å². The summed E-state index contributed by atoms with van der Waals surface area (Å²) in [6.45, 7) is 3.37. The summed E-state index contributed by atoms with van der Waals surface area (Å²) in [5.74, 6) is -1.99. The molecule has 0 aliphatic carbocycles. The Hall–Kier alpha value is -2.93. The van der Waals surface area contributed by atoms with Crippen molar-refractivity contribution in [3.8, 4) is 11.3 Å². The molecule has 0 saturated heterocycles. The Bertz CT molecular complexity index is 1190. The van der Waals surface area contributed by atoms with Gasteiger partial charge in [0, 0.05) is 31.1 Å². The predicted molar refractivity (Wildman–Crippen MR) is 131 cm³/mol. The summed E-state index contributed by atoms with van der Waals surface area (Å²) in [5.41, 5.74) is 5.61. The van der Waals surface area contributed by atoms with Crippen molar-refractivity contribution in [3.63, 3.8) is 0 Å². The summed E-state index contributed by atoms with van der Waals surface area (Å²) in [6.07, 6.45) is 1.61. The summed E-state index contributed by atoms with van der Waals surface area (Å²) in [7, 11) is -2.37. The van der Waals surface area contributed by atoms with Crippen LogP contribution in [0.5, 0.6) is 0 Å². The molecule has 1 aromatic carbocycles. The van der Waals surface area contributed by atoms with E-state index in [0.717, 1.165) is 10.6 Å². The van der Waals surface area contributed by atoms with Crippen molar-refractivity contribution in [2.24, 2.45) is 5.73 Å². The molecule has 10 nitrogen and oxygen atoms in total. The molecule has 35 heavy (non-hydrogen) atoms. The van der Waals surface area contributed by atoms with Crippen LogP contribution in [0.25, 0.3) is 17.3 Å². The van der Waals surface area contributed by atoms with Crippen LogP contribution < -0.4 is 10.0 Å². The standard InChI is InChI=1S/C23H31FN4O6S/c1-14(2)20-18(9-10-23(32,13-25)12-17(29)11-19(30)31)21(15-5-7-16(24)8-6-15)27-22(26-20)28(3)35(4,33)34/h5-10,14,17,29,32H,11-13,25H2,1-4H3,(H,30,31)/b10-9+/t17-,23?/m0/s1. The first-order chi connectivity index (χ1) is 16.2. The fourth-order valence-corrected chi connectivity index (χ4v) is 3.71. The fourth-order valence-electron chi connectivity index (χ4n) is 3.34. The average Bonchev–Trinajstić information content (AvgIpc) is 2.75. The molecule has 5 N–H and O–H groups in total. The molecule has 2 atom stereocenters. The molecule has 0 radical (unpaired) electrons. The van der Waals surface area contributed by atoms with Gasteiger partial charge in [-0.15, -0.1) is 0 Å². The number of rotatable bonds is 11. The molecule has 0 fully saturated rings. The van der Waals surface area contributed by atoms with E-state index < -0.39 is 39.9 Å². The van der Waals surface area contributed by atoms with Gasteiger partial charge in [-0.25, -0.2) is 27.1 Å². The zero-order valence-electron chi connectivity index (χ0n) is 20.0. The second kappa shape index (κ2) is 11.2. The van der Waals surface area contributed by atoms with E-state index >= 15 is 0 Å². The summed E-state index contributed by atoms with van der Waals surface area (Å²) < 4.78 is 38.8. The molecule has 1 unspecified atom stereocenters. The highest BCUT2D eigenvalue weighted by atomic mass is 32.2. The SMILES string of the molecule is CC(C)c1nc(N(C)S(C)(=O)=O)nc(-c2ccc(F)cc2)c1/C=C/C(O)(CN)C[C@@H](O)CC(=O)O. The number of nitrogens with zero attached hydrogens (tertiary/aromatic N) is 3. The quantitative estimate of drug-likeness (QED) is 0.352. The van der Waals surface area contributed by atoms with Gasteiger partial charge in [0.15, 0.2) is 0 Å². The average molecular weight is 511 g/mol. The number of carboxylic acids is 1. The minimum absolute atomic E-state index is 0.0846. The highest BCUT2D eigenvalue weighted by Gasteiger charge is 2.28. The van der Waals surface area contributed by atoms with Gasteiger partial charge in [-0.1, -0.05) is 26.0 Å². The van der Waals surface area contributed by atoms with Gasteiger partial charge in [-0.05, 0) is 30.2 Å². The van der Waals surface area contributed by atoms with Crippen LogP contribution in [0.3, 0.4) is 0 Å². The van der Waals surface area contributed by atoms with Gasteiger partial charge in [0.05, 0.1) is 35.8 Å². The number of carboxylic acid groups (broad SMARTS) is 1. The van der Waals surface area contributed by atoms with Gasteiger partial charge < -0.3 is 21.1 Å². The molecule has 0 saturated carbocycles. The third-order valence-electron chi connectivity index (χ3n) is 5.32. The zero-order valence-corrected chi connectivity index (χ0v) is 20.8. The molecular weight excluding hydrogens is 479 g/mol. The van der Waals surface area contributed by atoms with E-state index in [4.69, 9.17) is 10.8 Å². The van der Waals surface area contributed by atoms with Crippen molar-refractivity contribution >= 4 is 28.0 Å². The van der Waals surface area contributed by atoms with Gasteiger partial charge in [-0.3, -0.25) is 4.79 Å². The highest BCUT2D eigenvalue weighted by Crippen LogP contribution is 2.32. The van der Waals surface area contributed by atoms with Gasteiger partial charge in [0.25, 0.3) is 0 Å². The number of sulfonamides is 1. The van der Waals surface area contributed by atoms with Crippen LogP contribution >= 0.6 is 0 Å². The maximum Gasteiger partial charge on any atom is 0.305 e. The van der Waals surface area contributed by atoms with Crippen LogP contribution in [0.15, 0.2) is 30.3 Å². The summed E-state index contributed by atoms with van der Waals surface area (Å²) >= 11 is 0. The molecule has 0 amide bonds. The Labute approximate surface area is 204 Å². The van der Waals surface area contributed by atoms with E-state index in [1.165, 1.54) is 43.5 Å². The molecule has 1 aromatic heterocycles. The maximum absolute atomic E-state index is 13.6. The Balaban J connectivity index is 2.71. The number of aliphatic carboxylic acids is 1. The topological polar surface area (TPSA) is 167 Å². The second-order valence-corrected chi connectivity index (χ2v) is 10.7. The van der Waals surface area contributed by atoms with Crippen LogP contribution in [-0.2, 0) is 14.8 Å². The lowest BCUT2D eigenvalue weighted by Gasteiger charge is -2.26. The third-order valence-corrected chi connectivity index (χ3v) is 6.48.